The maximum atomic E-state index is 11.2. The van der Waals surface area contributed by atoms with Crippen LogP contribution in [0.1, 0.15) is 5.69 Å². The van der Waals surface area contributed by atoms with Crippen LogP contribution in [0.4, 0.5) is 0 Å². The van der Waals surface area contributed by atoms with Gasteiger partial charge in [0, 0.05) is 11.1 Å². The summed E-state index contributed by atoms with van der Waals surface area (Å²) in [6.07, 6.45) is 0. The Balaban J connectivity index is 1.68. The molecule has 0 amide bonds. The highest BCUT2D eigenvalue weighted by Crippen LogP contribution is 2.37. The lowest BCUT2D eigenvalue weighted by atomic mass is 10.2. The van der Waals surface area contributed by atoms with Crippen molar-refractivity contribution in [2.75, 3.05) is 13.2 Å². The predicted octanol–water partition coefficient (Wildman–Crippen LogP) is 3.96. The number of aryl methyl sites for hydroxylation is 1. The number of fused-ring (bicyclic) bond motifs is 1. The Morgan fingerprint density at radius 2 is 1.67 bits per heavy atom. The summed E-state index contributed by atoms with van der Waals surface area (Å²) >= 11 is 12.5. The molecule has 142 valence electrons. The molecule has 0 aliphatic heterocycles. The number of rotatable bonds is 6. The van der Waals surface area contributed by atoms with Gasteiger partial charge in [-0.3, -0.25) is 0 Å². The van der Waals surface area contributed by atoms with E-state index in [4.69, 9.17) is 37.8 Å². The van der Waals surface area contributed by atoms with Crippen LogP contribution in [0.25, 0.3) is 10.9 Å². The minimum atomic E-state index is -3.73. The van der Waals surface area contributed by atoms with Crippen molar-refractivity contribution < 1.29 is 17.9 Å². The second-order valence-electron chi connectivity index (χ2n) is 5.73. The van der Waals surface area contributed by atoms with E-state index in [1.165, 1.54) is 24.3 Å². The van der Waals surface area contributed by atoms with Gasteiger partial charge in [0.15, 0.2) is 5.75 Å². The molecular weight excluding hydrogens is 411 g/mol. The van der Waals surface area contributed by atoms with Gasteiger partial charge in [-0.25, -0.2) is 18.5 Å². The molecule has 0 radical (unpaired) electrons. The van der Waals surface area contributed by atoms with Gasteiger partial charge in [0.1, 0.15) is 24.5 Å². The first kappa shape index (κ1) is 19.7. The van der Waals surface area contributed by atoms with Crippen LogP contribution in [0.15, 0.2) is 47.4 Å². The molecule has 1 heterocycles. The zero-order valence-electron chi connectivity index (χ0n) is 14.3. The molecule has 0 spiro atoms. The van der Waals surface area contributed by atoms with Crippen molar-refractivity contribution in [3.8, 4) is 11.5 Å². The van der Waals surface area contributed by atoms with Crippen LogP contribution in [-0.2, 0) is 10.0 Å². The maximum Gasteiger partial charge on any atom is 0.238 e. The van der Waals surface area contributed by atoms with Crippen molar-refractivity contribution in [3.05, 3.63) is 58.2 Å². The van der Waals surface area contributed by atoms with Gasteiger partial charge in [0.2, 0.25) is 10.0 Å². The third-order valence-electron chi connectivity index (χ3n) is 3.73. The number of sulfonamides is 1. The molecule has 0 aliphatic rings. The van der Waals surface area contributed by atoms with E-state index in [-0.39, 0.29) is 18.1 Å². The Hall–Kier alpha value is -2.06. The van der Waals surface area contributed by atoms with Crippen LogP contribution in [0.3, 0.4) is 0 Å². The van der Waals surface area contributed by atoms with Crippen molar-refractivity contribution >= 4 is 44.1 Å². The Morgan fingerprint density at radius 1 is 1.00 bits per heavy atom. The molecule has 2 N–H and O–H groups in total. The lowest BCUT2D eigenvalue weighted by molar-refractivity contribution is 0.218. The molecule has 0 atom stereocenters. The summed E-state index contributed by atoms with van der Waals surface area (Å²) in [5.74, 6) is 0.931. The molecule has 27 heavy (non-hydrogen) atoms. The first-order valence-electron chi connectivity index (χ1n) is 7.89. The molecule has 3 aromatic rings. The number of nitrogens with two attached hydrogens (primary N) is 1. The summed E-state index contributed by atoms with van der Waals surface area (Å²) in [5, 5.41) is 6.67. The van der Waals surface area contributed by atoms with E-state index in [9.17, 15) is 8.42 Å². The molecule has 6 nitrogen and oxygen atoms in total. The average Bonchev–Trinajstić information content (AvgIpc) is 2.60. The lowest BCUT2D eigenvalue weighted by Gasteiger charge is -2.13. The number of pyridine rings is 1. The molecule has 1 aromatic heterocycles. The van der Waals surface area contributed by atoms with Gasteiger partial charge in [-0.1, -0.05) is 23.2 Å². The van der Waals surface area contributed by atoms with Crippen molar-refractivity contribution in [2.24, 2.45) is 5.14 Å². The van der Waals surface area contributed by atoms with Gasteiger partial charge in [0.25, 0.3) is 0 Å². The van der Waals surface area contributed by atoms with Gasteiger partial charge < -0.3 is 9.47 Å². The van der Waals surface area contributed by atoms with Crippen molar-refractivity contribution in [2.45, 2.75) is 11.8 Å². The van der Waals surface area contributed by atoms with Crippen molar-refractivity contribution in [1.82, 2.24) is 4.98 Å². The molecule has 0 saturated heterocycles. The van der Waals surface area contributed by atoms with E-state index in [1.54, 1.807) is 6.07 Å². The van der Waals surface area contributed by atoms with Gasteiger partial charge >= 0.3 is 0 Å². The van der Waals surface area contributed by atoms with Crippen LogP contribution in [0, 0.1) is 6.92 Å². The summed E-state index contributed by atoms with van der Waals surface area (Å²) < 4.78 is 33.8. The van der Waals surface area contributed by atoms with Crippen LogP contribution >= 0.6 is 23.2 Å². The largest absolute Gasteiger partial charge is 0.490 e. The third-order valence-corrected chi connectivity index (χ3v) is 5.25. The number of ether oxygens (including phenoxy) is 2. The monoisotopic (exact) mass is 426 g/mol. The van der Waals surface area contributed by atoms with E-state index in [2.05, 4.69) is 4.98 Å². The topological polar surface area (TPSA) is 91.5 Å². The van der Waals surface area contributed by atoms with Gasteiger partial charge in [-0.15, -0.1) is 0 Å². The Morgan fingerprint density at radius 3 is 2.33 bits per heavy atom. The van der Waals surface area contributed by atoms with Crippen LogP contribution in [0.2, 0.25) is 10.0 Å². The Bertz CT molecular complexity index is 1090. The highest BCUT2D eigenvalue weighted by Gasteiger charge is 2.13. The first-order valence-corrected chi connectivity index (χ1v) is 10.2. The number of benzene rings is 2. The number of nitrogens with zero attached hydrogens (tertiary/aromatic N) is 1. The van der Waals surface area contributed by atoms with Gasteiger partial charge in [-0.2, -0.15) is 0 Å². The summed E-state index contributed by atoms with van der Waals surface area (Å²) in [6.45, 7) is 2.30. The summed E-state index contributed by atoms with van der Waals surface area (Å²) in [4.78, 5) is 4.48. The predicted molar refractivity (Wildman–Crippen MR) is 105 cm³/mol. The van der Waals surface area contributed by atoms with E-state index in [0.717, 1.165) is 11.1 Å². The van der Waals surface area contributed by atoms with E-state index in [0.29, 0.717) is 27.1 Å². The maximum absolute atomic E-state index is 11.2. The van der Waals surface area contributed by atoms with Crippen molar-refractivity contribution in [3.63, 3.8) is 0 Å². The average molecular weight is 427 g/mol. The smallest absolute Gasteiger partial charge is 0.238 e. The second kappa shape index (κ2) is 7.90. The minimum Gasteiger partial charge on any atom is -0.490 e. The SMILES string of the molecule is Cc1ccc2c(Cl)cc(Cl)c(OCCOc3ccc(S(N)(=O)=O)cc3)c2n1. The highest BCUT2D eigenvalue weighted by molar-refractivity contribution is 7.89. The van der Waals surface area contributed by atoms with E-state index >= 15 is 0 Å². The second-order valence-corrected chi connectivity index (χ2v) is 8.11. The van der Waals surface area contributed by atoms with Crippen LogP contribution in [-0.4, -0.2) is 26.6 Å². The van der Waals surface area contributed by atoms with E-state index in [1.807, 2.05) is 19.1 Å². The number of halogens is 2. The summed E-state index contributed by atoms with van der Waals surface area (Å²) in [6, 6.07) is 11.1. The summed E-state index contributed by atoms with van der Waals surface area (Å²) in [5.41, 5.74) is 1.40. The molecule has 9 heteroatoms. The molecule has 2 aromatic carbocycles. The standard InChI is InChI=1S/C18H16Cl2N2O4S/c1-11-2-7-14-15(19)10-16(20)18(17(14)22-11)26-9-8-25-12-3-5-13(6-4-12)27(21,23)24/h2-7,10H,8-9H2,1H3,(H2,21,23,24). The van der Waals surface area contributed by atoms with Crippen LogP contribution in [0.5, 0.6) is 11.5 Å². The molecule has 0 bridgehead atoms. The fraction of sp³-hybridized carbons (Fsp3) is 0.167. The highest BCUT2D eigenvalue weighted by atomic mass is 35.5. The molecule has 0 fully saturated rings. The fourth-order valence-corrected chi connectivity index (χ4v) is 3.54. The zero-order valence-corrected chi connectivity index (χ0v) is 16.6. The number of hydrogen-bond donors (Lipinski definition) is 1. The number of aromatic nitrogens is 1. The molecule has 3 rings (SSSR count). The molecule has 0 unspecified atom stereocenters. The molecule has 0 saturated carbocycles. The quantitative estimate of drug-likeness (QED) is 0.602. The number of hydrogen-bond acceptors (Lipinski definition) is 5. The van der Waals surface area contributed by atoms with Gasteiger partial charge in [0.05, 0.1) is 14.9 Å². The van der Waals surface area contributed by atoms with Gasteiger partial charge in [-0.05, 0) is 49.4 Å². The minimum absolute atomic E-state index is 0.0203. The third kappa shape index (κ3) is 4.62. The summed E-state index contributed by atoms with van der Waals surface area (Å²) in [7, 11) is -3.73. The molecular formula is C18H16Cl2N2O4S. The first-order chi connectivity index (χ1) is 12.8. The van der Waals surface area contributed by atoms with Crippen LogP contribution < -0.4 is 14.6 Å². The normalized spacial score (nSPS) is 11.6. The zero-order chi connectivity index (χ0) is 19.6. The number of primary sulfonamides is 1. The Kier molecular flexibility index (Phi) is 5.76. The van der Waals surface area contributed by atoms with E-state index < -0.39 is 10.0 Å². The van der Waals surface area contributed by atoms with Crippen molar-refractivity contribution in [1.29, 1.82) is 0 Å². The fourth-order valence-electron chi connectivity index (χ4n) is 2.46. The Labute approximate surface area is 166 Å². The molecule has 0 aliphatic carbocycles. The lowest BCUT2D eigenvalue weighted by Crippen LogP contribution is -2.12.